The zero-order valence-electron chi connectivity index (χ0n) is 28.6. The van der Waals surface area contributed by atoms with Gasteiger partial charge in [-0.15, -0.1) is 0 Å². The molecule has 3 unspecified atom stereocenters. The maximum Gasteiger partial charge on any atom is 0.0888 e. The Hall–Kier alpha value is -5.98. The third kappa shape index (κ3) is 5.14. The molecule has 2 N–H and O–H groups in total. The molecule has 0 bridgehead atoms. The van der Waals surface area contributed by atoms with Crippen molar-refractivity contribution in [2.45, 2.75) is 18.5 Å². The van der Waals surface area contributed by atoms with Gasteiger partial charge in [0.2, 0.25) is 0 Å². The number of rotatable bonds is 7. The van der Waals surface area contributed by atoms with Crippen LogP contribution in [0.25, 0.3) is 55.0 Å². The van der Waals surface area contributed by atoms with Gasteiger partial charge in [-0.3, -0.25) is 15.5 Å². The first-order chi connectivity index (χ1) is 25.1. The van der Waals surface area contributed by atoms with Gasteiger partial charge in [-0.2, -0.15) is 0 Å². The number of hydrogen-bond donors (Lipinski definition) is 2. The second kappa shape index (κ2) is 12.7. The van der Waals surface area contributed by atoms with Crippen molar-refractivity contribution in [2.75, 3.05) is 7.05 Å². The van der Waals surface area contributed by atoms with E-state index in [1.165, 1.54) is 54.7 Å². The van der Waals surface area contributed by atoms with Crippen molar-refractivity contribution in [3.63, 3.8) is 0 Å². The van der Waals surface area contributed by atoms with Gasteiger partial charge in [0.05, 0.1) is 40.6 Å². The lowest BCUT2D eigenvalue weighted by atomic mass is 10.0. The van der Waals surface area contributed by atoms with Gasteiger partial charge in [0.25, 0.3) is 0 Å². The number of allylic oxidation sites excluding steroid dienone is 2. The largest absolute Gasteiger partial charge is 0.309 e. The summed E-state index contributed by atoms with van der Waals surface area (Å²) in [4.78, 5) is 2.36. The number of para-hydroxylation sites is 3. The molecule has 8 aromatic rings. The highest BCUT2D eigenvalue weighted by Crippen LogP contribution is 2.38. The molecule has 0 saturated carbocycles. The van der Waals surface area contributed by atoms with Crippen LogP contribution in [0.2, 0.25) is 0 Å². The molecule has 1 aliphatic heterocycles. The Morgan fingerprint density at radius 2 is 1.04 bits per heavy atom. The highest BCUT2D eigenvalue weighted by Gasteiger charge is 2.35. The summed E-state index contributed by atoms with van der Waals surface area (Å²) in [6.45, 7) is 8.07. The SMILES string of the molecule is C=C/C=C(\C=C)C1NC(c2ccccc2)N(C)C(c2cccc(-n3c4ccccc4c4cc(-n5c6ccccc6c6ccccc65)ccc43)c2)N1. The third-order valence-corrected chi connectivity index (χ3v) is 10.4. The fourth-order valence-electron chi connectivity index (χ4n) is 8.07. The van der Waals surface area contributed by atoms with Crippen molar-refractivity contribution < 1.29 is 0 Å². The van der Waals surface area contributed by atoms with E-state index in [1.54, 1.807) is 0 Å². The first kappa shape index (κ1) is 31.0. The summed E-state index contributed by atoms with van der Waals surface area (Å²) in [6.07, 6.45) is 5.52. The fraction of sp³-hybridized carbons (Fsp3) is 0.0870. The molecule has 0 radical (unpaired) electrons. The molecule has 248 valence electrons. The number of hydrogen-bond acceptors (Lipinski definition) is 3. The molecule has 0 spiro atoms. The van der Waals surface area contributed by atoms with Crippen molar-refractivity contribution in [1.29, 1.82) is 0 Å². The van der Waals surface area contributed by atoms with Crippen LogP contribution in [0.3, 0.4) is 0 Å². The summed E-state index contributed by atoms with van der Waals surface area (Å²) in [5.41, 5.74) is 10.5. The van der Waals surface area contributed by atoms with Gasteiger partial charge in [0.15, 0.2) is 0 Å². The van der Waals surface area contributed by atoms with E-state index in [4.69, 9.17) is 0 Å². The molecule has 2 aromatic heterocycles. The Morgan fingerprint density at radius 1 is 0.529 bits per heavy atom. The predicted octanol–water partition coefficient (Wildman–Crippen LogP) is 10.3. The van der Waals surface area contributed by atoms with E-state index in [0.29, 0.717) is 0 Å². The summed E-state index contributed by atoms with van der Waals surface area (Å²) in [7, 11) is 2.17. The number of fused-ring (bicyclic) bond motifs is 6. The highest BCUT2D eigenvalue weighted by molar-refractivity contribution is 6.12. The molecule has 0 aliphatic carbocycles. The lowest BCUT2D eigenvalue weighted by Gasteiger charge is -2.46. The molecular weight excluding hydrogens is 623 g/mol. The average Bonchev–Trinajstić information content (AvgIpc) is 3.70. The van der Waals surface area contributed by atoms with E-state index in [2.05, 4.69) is 190 Å². The van der Waals surface area contributed by atoms with Crippen LogP contribution in [0.1, 0.15) is 23.5 Å². The van der Waals surface area contributed by atoms with Gasteiger partial charge in [-0.25, -0.2) is 0 Å². The fourth-order valence-corrected chi connectivity index (χ4v) is 8.07. The number of aromatic nitrogens is 2. The minimum Gasteiger partial charge on any atom is -0.309 e. The van der Waals surface area contributed by atoms with Crippen LogP contribution in [0.4, 0.5) is 0 Å². The Kier molecular flexibility index (Phi) is 7.74. The van der Waals surface area contributed by atoms with Crippen molar-refractivity contribution in [3.05, 3.63) is 194 Å². The summed E-state index contributed by atoms with van der Waals surface area (Å²) in [6, 6.07) is 52.6. The predicted molar refractivity (Wildman–Crippen MR) is 213 cm³/mol. The Labute approximate surface area is 298 Å². The minimum absolute atomic E-state index is 0.0215. The van der Waals surface area contributed by atoms with E-state index in [-0.39, 0.29) is 18.5 Å². The maximum absolute atomic E-state index is 4.11. The van der Waals surface area contributed by atoms with E-state index < -0.39 is 0 Å². The van der Waals surface area contributed by atoms with Crippen LogP contribution in [-0.4, -0.2) is 27.2 Å². The normalized spacial score (nSPS) is 18.5. The second-order valence-electron chi connectivity index (χ2n) is 13.3. The molecule has 0 amide bonds. The van der Waals surface area contributed by atoms with Crippen LogP contribution >= 0.6 is 0 Å². The van der Waals surface area contributed by atoms with E-state index in [1.807, 2.05) is 18.2 Å². The number of nitrogens with zero attached hydrogens (tertiary/aromatic N) is 3. The second-order valence-corrected chi connectivity index (χ2v) is 13.3. The highest BCUT2D eigenvalue weighted by atomic mass is 15.4. The van der Waals surface area contributed by atoms with Gasteiger partial charge >= 0.3 is 0 Å². The Morgan fingerprint density at radius 3 is 1.65 bits per heavy atom. The molecule has 3 atom stereocenters. The van der Waals surface area contributed by atoms with Crippen molar-refractivity contribution in [3.8, 4) is 11.4 Å². The van der Waals surface area contributed by atoms with Gasteiger partial charge in [-0.1, -0.05) is 128 Å². The molecule has 51 heavy (non-hydrogen) atoms. The van der Waals surface area contributed by atoms with Gasteiger partial charge in [0, 0.05) is 32.9 Å². The van der Waals surface area contributed by atoms with Crippen molar-refractivity contribution in [2.24, 2.45) is 0 Å². The molecule has 1 fully saturated rings. The standard InChI is InChI=1S/C46H39N5/c1-4-16-31(5-2)44-47-45(32-17-7-6-8-18-32)49(3)46(48-44)33-19-15-20-34(29-33)50-42-26-14-11-23-38(42)39-30-35(27-28-43(39)50)51-40-24-12-9-21-36(40)37-22-10-13-25-41(37)51/h4-30,44-48H,1-2H2,3H3/b31-16+. The maximum atomic E-state index is 4.11. The smallest absolute Gasteiger partial charge is 0.0888 e. The molecule has 5 heteroatoms. The Bertz CT molecular complexity index is 2570. The van der Waals surface area contributed by atoms with E-state index in [0.717, 1.165) is 16.9 Å². The van der Waals surface area contributed by atoms with Crippen LogP contribution in [0, 0.1) is 0 Å². The molecule has 1 aliphatic rings. The summed E-state index contributed by atoms with van der Waals surface area (Å²) < 4.78 is 4.80. The van der Waals surface area contributed by atoms with Crippen LogP contribution < -0.4 is 10.6 Å². The summed E-state index contributed by atoms with van der Waals surface area (Å²) in [5, 5.41) is 12.7. The van der Waals surface area contributed by atoms with Gasteiger partial charge < -0.3 is 9.13 Å². The first-order valence-electron chi connectivity index (χ1n) is 17.5. The van der Waals surface area contributed by atoms with Gasteiger partial charge in [0.1, 0.15) is 0 Å². The monoisotopic (exact) mass is 661 g/mol. The molecule has 6 aromatic carbocycles. The molecular formula is C46H39N5. The molecule has 5 nitrogen and oxygen atoms in total. The molecule has 3 heterocycles. The quantitative estimate of drug-likeness (QED) is 0.167. The van der Waals surface area contributed by atoms with E-state index in [9.17, 15) is 0 Å². The Balaban J connectivity index is 1.18. The number of nitrogens with one attached hydrogen (secondary N) is 2. The molecule has 1 saturated heterocycles. The van der Waals surface area contributed by atoms with Crippen molar-refractivity contribution in [1.82, 2.24) is 24.7 Å². The first-order valence-corrected chi connectivity index (χ1v) is 17.5. The number of benzene rings is 6. The van der Waals surface area contributed by atoms with Crippen molar-refractivity contribution >= 4 is 43.6 Å². The lowest BCUT2D eigenvalue weighted by molar-refractivity contribution is 0.0530. The zero-order valence-corrected chi connectivity index (χ0v) is 28.6. The lowest BCUT2D eigenvalue weighted by Crippen LogP contribution is -2.59. The minimum atomic E-state index is -0.122. The third-order valence-electron chi connectivity index (χ3n) is 10.4. The van der Waals surface area contributed by atoms with Crippen LogP contribution in [0.15, 0.2) is 183 Å². The van der Waals surface area contributed by atoms with E-state index >= 15 is 0 Å². The zero-order chi connectivity index (χ0) is 34.5. The average molecular weight is 662 g/mol. The molecule has 9 rings (SSSR count). The topological polar surface area (TPSA) is 37.2 Å². The van der Waals surface area contributed by atoms with Gasteiger partial charge in [-0.05, 0) is 72.3 Å². The van der Waals surface area contributed by atoms with Crippen LogP contribution in [-0.2, 0) is 0 Å². The van der Waals surface area contributed by atoms with Crippen LogP contribution in [0.5, 0.6) is 0 Å². The summed E-state index contributed by atoms with van der Waals surface area (Å²) in [5.74, 6) is 0. The summed E-state index contributed by atoms with van der Waals surface area (Å²) >= 11 is 0.